The lowest BCUT2D eigenvalue weighted by Gasteiger charge is -2.17. The van der Waals surface area contributed by atoms with E-state index in [0.29, 0.717) is 11.5 Å². The highest BCUT2D eigenvalue weighted by atomic mass is 32.1. The van der Waals surface area contributed by atoms with Gasteiger partial charge in [0.2, 0.25) is 0 Å². The van der Waals surface area contributed by atoms with Crippen LogP contribution >= 0.6 is 12.2 Å². The number of rotatable bonds is 3. The Bertz CT molecular complexity index is 404. The third-order valence-electron chi connectivity index (χ3n) is 2.02. The van der Waals surface area contributed by atoms with Gasteiger partial charge in [-0.2, -0.15) is 0 Å². The van der Waals surface area contributed by atoms with Crippen LogP contribution in [0, 0.1) is 0 Å². The molecule has 0 spiro atoms. The fourth-order valence-electron chi connectivity index (χ4n) is 1.27. The third kappa shape index (κ3) is 3.60. The molecule has 86 valence electrons. The molecule has 0 aliphatic heterocycles. The molecule has 0 amide bonds. The van der Waals surface area contributed by atoms with Crippen LogP contribution in [0.25, 0.3) is 0 Å². The molecule has 5 heteroatoms. The average molecular weight is 237 g/mol. The predicted molar refractivity (Wildman–Crippen MR) is 69.0 cm³/mol. The van der Waals surface area contributed by atoms with Crippen molar-refractivity contribution in [2.45, 2.75) is 13.3 Å². The Hall–Kier alpha value is -1.46. The molecule has 1 rings (SSSR count). The van der Waals surface area contributed by atoms with Gasteiger partial charge in [-0.1, -0.05) is 18.2 Å². The summed E-state index contributed by atoms with van der Waals surface area (Å²) in [4.78, 5) is 11.1. The van der Waals surface area contributed by atoms with Gasteiger partial charge >= 0.3 is 0 Å². The van der Waals surface area contributed by atoms with E-state index in [0.717, 1.165) is 11.3 Å². The molecule has 0 aliphatic carbocycles. The van der Waals surface area contributed by atoms with Crippen molar-refractivity contribution in [3.63, 3.8) is 0 Å². The van der Waals surface area contributed by atoms with E-state index in [1.165, 1.54) is 5.01 Å². The van der Waals surface area contributed by atoms with Crippen molar-refractivity contribution in [2.24, 2.45) is 5.84 Å². The lowest BCUT2D eigenvalue weighted by Crippen LogP contribution is -2.36. The Morgan fingerprint density at radius 2 is 2.12 bits per heavy atom. The summed E-state index contributed by atoms with van der Waals surface area (Å²) in [5, 5.41) is 4.73. The molecule has 0 heterocycles. The normalized spacial score (nSPS) is 9.69. The van der Waals surface area contributed by atoms with Crippen molar-refractivity contribution in [2.75, 3.05) is 12.4 Å². The number of ketones is 1. The van der Waals surface area contributed by atoms with Crippen molar-refractivity contribution in [3.05, 3.63) is 29.8 Å². The van der Waals surface area contributed by atoms with Crippen molar-refractivity contribution in [1.29, 1.82) is 0 Å². The van der Waals surface area contributed by atoms with Crippen LogP contribution in [0.2, 0.25) is 0 Å². The standard InChI is InChI=1S/C11H15N3OS/c1-8(15)7-9-5-3-4-6-10(9)13-11(16)14(2)12/h3-6H,7,12H2,1-2H3,(H,13,16). The first-order valence-corrected chi connectivity index (χ1v) is 5.28. The van der Waals surface area contributed by atoms with E-state index in [1.807, 2.05) is 24.3 Å². The number of nitrogens with two attached hydrogens (primary N) is 1. The maximum absolute atomic E-state index is 11.1. The number of nitrogens with one attached hydrogen (secondary N) is 1. The Morgan fingerprint density at radius 1 is 1.50 bits per heavy atom. The second-order valence-electron chi connectivity index (χ2n) is 3.58. The predicted octanol–water partition coefficient (Wildman–Crippen LogP) is 1.32. The molecule has 0 unspecified atom stereocenters. The van der Waals surface area contributed by atoms with E-state index in [1.54, 1.807) is 14.0 Å². The number of benzene rings is 1. The molecule has 0 bridgehead atoms. The minimum atomic E-state index is 0.112. The number of carbonyl (C=O) groups is 1. The van der Waals surface area contributed by atoms with Crippen molar-refractivity contribution < 1.29 is 4.79 Å². The lowest BCUT2D eigenvalue weighted by atomic mass is 10.1. The molecule has 0 fully saturated rings. The zero-order valence-electron chi connectivity index (χ0n) is 9.36. The number of para-hydroxylation sites is 1. The van der Waals surface area contributed by atoms with E-state index in [2.05, 4.69) is 5.32 Å². The molecule has 0 aromatic heterocycles. The number of hydrogen-bond donors (Lipinski definition) is 2. The fraction of sp³-hybridized carbons (Fsp3) is 0.273. The minimum Gasteiger partial charge on any atom is -0.331 e. The van der Waals surface area contributed by atoms with E-state index in [9.17, 15) is 4.79 Å². The highest BCUT2D eigenvalue weighted by molar-refractivity contribution is 7.80. The SMILES string of the molecule is CC(=O)Cc1ccccc1NC(=S)N(C)N. The topological polar surface area (TPSA) is 58.4 Å². The van der Waals surface area contributed by atoms with E-state index >= 15 is 0 Å². The van der Waals surface area contributed by atoms with Crippen molar-refractivity contribution in [1.82, 2.24) is 5.01 Å². The van der Waals surface area contributed by atoms with E-state index < -0.39 is 0 Å². The number of carbonyl (C=O) groups excluding carboxylic acids is 1. The lowest BCUT2D eigenvalue weighted by molar-refractivity contribution is -0.116. The van der Waals surface area contributed by atoms with Crippen LogP contribution in [0.5, 0.6) is 0 Å². The van der Waals surface area contributed by atoms with Gasteiger partial charge in [-0.05, 0) is 30.8 Å². The maximum Gasteiger partial charge on any atom is 0.187 e. The van der Waals surface area contributed by atoms with Gasteiger partial charge in [0.25, 0.3) is 0 Å². The number of hydrazine groups is 1. The molecular weight excluding hydrogens is 222 g/mol. The summed E-state index contributed by atoms with van der Waals surface area (Å²) in [6.45, 7) is 1.56. The van der Waals surface area contributed by atoms with Crippen LogP contribution in [0.1, 0.15) is 12.5 Å². The molecule has 4 nitrogen and oxygen atoms in total. The summed E-state index contributed by atoms with van der Waals surface area (Å²) in [5.74, 6) is 5.61. The van der Waals surface area contributed by atoms with Gasteiger partial charge in [-0.25, -0.2) is 5.84 Å². The minimum absolute atomic E-state index is 0.112. The van der Waals surface area contributed by atoms with Gasteiger partial charge in [0, 0.05) is 19.2 Å². The zero-order valence-corrected chi connectivity index (χ0v) is 10.2. The number of hydrogen-bond acceptors (Lipinski definition) is 3. The van der Waals surface area contributed by atoms with Crippen LogP contribution in [0.15, 0.2) is 24.3 Å². The number of thiocarbonyl (C=S) groups is 1. The molecule has 0 radical (unpaired) electrons. The Balaban J connectivity index is 2.86. The van der Waals surface area contributed by atoms with Crippen LogP contribution < -0.4 is 11.2 Å². The van der Waals surface area contributed by atoms with Gasteiger partial charge in [-0.3, -0.25) is 9.80 Å². The van der Waals surface area contributed by atoms with Crippen molar-refractivity contribution in [3.8, 4) is 0 Å². The third-order valence-corrected chi connectivity index (χ3v) is 2.41. The molecule has 0 saturated heterocycles. The fourth-order valence-corrected chi connectivity index (χ4v) is 1.38. The quantitative estimate of drug-likeness (QED) is 0.472. The molecule has 1 aromatic carbocycles. The van der Waals surface area contributed by atoms with Gasteiger partial charge in [0.1, 0.15) is 5.78 Å². The summed E-state index contributed by atoms with van der Waals surface area (Å²) >= 11 is 5.04. The number of anilines is 1. The van der Waals surface area contributed by atoms with Gasteiger partial charge < -0.3 is 5.32 Å². The number of nitrogens with zero attached hydrogens (tertiary/aromatic N) is 1. The summed E-state index contributed by atoms with van der Waals surface area (Å²) in [5.41, 5.74) is 1.74. The summed E-state index contributed by atoms with van der Waals surface area (Å²) in [6.07, 6.45) is 0.389. The maximum atomic E-state index is 11.1. The smallest absolute Gasteiger partial charge is 0.187 e. The van der Waals surface area contributed by atoms with Crippen LogP contribution in [-0.2, 0) is 11.2 Å². The Kier molecular flexibility index (Phi) is 4.39. The summed E-state index contributed by atoms with van der Waals surface area (Å²) in [6, 6.07) is 7.53. The molecule has 0 saturated carbocycles. The highest BCUT2D eigenvalue weighted by Gasteiger charge is 2.06. The van der Waals surface area contributed by atoms with Crippen molar-refractivity contribution >= 4 is 28.8 Å². The zero-order chi connectivity index (χ0) is 12.1. The largest absolute Gasteiger partial charge is 0.331 e. The van der Waals surface area contributed by atoms with Crippen LogP contribution in [0.4, 0.5) is 5.69 Å². The molecule has 3 N–H and O–H groups in total. The Morgan fingerprint density at radius 3 is 2.69 bits per heavy atom. The molecule has 16 heavy (non-hydrogen) atoms. The highest BCUT2D eigenvalue weighted by Crippen LogP contribution is 2.16. The molecular formula is C11H15N3OS. The van der Waals surface area contributed by atoms with E-state index in [4.69, 9.17) is 18.1 Å². The first-order valence-electron chi connectivity index (χ1n) is 4.87. The second kappa shape index (κ2) is 5.58. The Labute approximate surface area is 100 Å². The first kappa shape index (κ1) is 12.6. The molecule has 1 aromatic rings. The second-order valence-corrected chi connectivity index (χ2v) is 3.96. The summed E-state index contributed by atoms with van der Waals surface area (Å²) in [7, 11) is 1.66. The molecule has 0 aliphatic rings. The van der Waals surface area contributed by atoms with Crippen LogP contribution in [-0.4, -0.2) is 23.0 Å². The summed E-state index contributed by atoms with van der Waals surface area (Å²) < 4.78 is 0. The molecule has 0 atom stereocenters. The average Bonchev–Trinajstić information content (AvgIpc) is 2.20. The monoisotopic (exact) mass is 237 g/mol. The van der Waals surface area contributed by atoms with Gasteiger partial charge in [0.15, 0.2) is 5.11 Å². The first-order chi connectivity index (χ1) is 7.50. The van der Waals surface area contributed by atoms with E-state index in [-0.39, 0.29) is 5.78 Å². The number of Topliss-reactive ketones (excluding diaryl/α,β-unsaturated/α-hetero) is 1. The van der Waals surface area contributed by atoms with Gasteiger partial charge in [-0.15, -0.1) is 0 Å². The van der Waals surface area contributed by atoms with Gasteiger partial charge in [0.05, 0.1) is 0 Å². The van der Waals surface area contributed by atoms with Crippen LogP contribution in [0.3, 0.4) is 0 Å².